The molecule has 1 spiro atoms. The number of carbonyl (C=O) groups excluding carboxylic acids is 1. The fraction of sp³-hybridized carbons (Fsp3) is 0.700. The number of ketones is 1. The number of carbonyl (C=O) groups is 1. The summed E-state index contributed by atoms with van der Waals surface area (Å²) in [7, 11) is 0. The molecular weight excluding hydrogens is 150 g/mol. The molecule has 2 nitrogen and oxygen atoms in total. The monoisotopic (exact) mass is 165 g/mol. The molecular formula is C10H15NO. The number of allylic oxidation sites excluding steroid dienone is 1. The summed E-state index contributed by atoms with van der Waals surface area (Å²) >= 11 is 0. The van der Waals surface area contributed by atoms with Gasteiger partial charge in [0.1, 0.15) is 5.78 Å². The third-order valence-corrected chi connectivity index (χ3v) is 3.26. The van der Waals surface area contributed by atoms with E-state index in [1.54, 1.807) is 0 Å². The molecule has 12 heavy (non-hydrogen) atoms. The van der Waals surface area contributed by atoms with E-state index in [4.69, 9.17) is 0 Å². The van der Waals surface area contributed by atoms with Crippen LogP contribution in [0.5, 0.6) is 0 Å². The summed E-state index contributed by atoms with van der Waals surface area (Å²) in [5, 5.41) is 3.32. The summed E-state index contributed by atoms with van der Waals surface area (Å²) in [6.45, 7) is 6.13. The van der Waals surface area contributed by atoms with Gasteiger partial charge in [0, 0.05) is 18.3 Å². The van der Waals surface area contributed by atoms with Crippen LogP contribution in [-0.4, -0.2) is 18.9 Å². The molecule has 0 atom stereocenters. The van der Waals surface area contributed by atoms with Gasteiger partial charge in [0.05, 0.1) is 0 Å². The van der Waals surface area contributed by atoms with Crippen molar-refractivity contribution >= 4 is 5.78 Å². The maximum Gasteiger partial charge on any atom is 0.137 e. The molecule has 0 bridgehead atoms. The number of nitrogens with one attached hydrogen (secondary N) is 1. The predicted octanol–water partition coefficient (Wildman–Crippen LogP) is 1.28. The molecule has 0 radical (unpaired) electrons. The summed E-state index contributed by atoms with van der Waals surface area (Å²) < 4.78 is 0. The van der Waals surface area contributed by atoms with Gasteiger partial charge in [-0.2, -0.15) is 0 Å². The maximum atomic E-state index is 11.2. The van der Waals surface area contributed by atoms with Gasteiger partial charge in [-0.25, -0.2) is 0 Å². The van der Waals surface area contributed by atoms with Crippen LogP contribution in [0, 0.1) is 5.41 Å². The molecule has 1 heterocycles. The van der Waals surface area contributed by atoms with Crippen LogP contribution in [0.4, 0.5) is 0 Å². The van der Waals surface area contributed by atoms with Crippen LogP contribution < -0.4 is 5.32 Å². The second-order valence-electron chi connectivity index (χ2n) is 4.03. The SMILES string of the molecule is C=C1CC(=O)CC12CCNCC2. The summed E-state index contributed by atoms with van der Waals surface area (Å²) in [5.41, 5.74) is 1.39. The minimum absolute atomic E-state index is 0.197. The Kier molecular flexibility index (Phi) is 1.80. The highest BCUT2D eigenvalue weighted by molar-refractivity contribution is 5.85. The molecule has 1 aliphatic carbocycles. The Labute approximate surface area is 73.0 Å². The van der Waals surface area contributed by atoms with Crippen LogP contribution in [0.3, 0.4) is 0 Å². The maximum absolute atomic E-state index is 11.2. The fourth-order valence-electron chi connectivity index (χ4n) is 2.43. The Morgan fingerprint density at radius 2 is 2.00 bits per heavy atom. The van der Waals surface area contributed by atoms with Crippen LogP contribution in [0.15, 0.2) is 12.2 Å². The number of piperidine rings is 1. The minimum Gasteiger partial charge on any atom is -0.317 e. The fourth-order valence-corrected chi connectivity index (χ4v) is 2.43. The van der Waals surface area contributed by atoms with E-state index < -0.39 is 0 Å². The molecule has 2 heteroatoms. The topological polar surface area (TPSA) is 29.1 Å². The van der Waals surface area contributed by atoms with Crippen LogP contribution in [0.2, 0.25) is 0 Å². The predicted molar refractivity (Wildman–Crippen MR) is 47.9 cm³/mol. The number of Topliss-reactive ketones (excluding diaryl/α,β-unsaturated/α-hetero) is 1. The first-order valence-electron chi connectivity index (χ1n) is 4.64. The van der Waals surface area contributed by atoms with E-state index in [9.17, 15) is 4.79 Å². The van der Waals surface area contributed by atoms with Gasteiger partial charge in [0.15, 0.2) is 0 Å². The molecule has 2 rings (SSSR count). The third kappa shape index (κ3) is 1.11. The lowest BCUT2D eigenvalue weighted by molar-refractivity contribution is -0.118. The van der Waals surface area contributed by atoms with Crippen molar-refractivity contribution in [2.45, 2.75) is 25.7 Å². The van der Waals surface area contributed by atoms with Gasteiger partial charge in [-0.1, -0.05) is 12.2 Å². The van der Waals surface area contributed by atoms with Gasteiger partial charge in [-0.3, -0.25) is 4.79 Å². The Bertz CT molecular complexity index is 226. The highest BCUT2D eigenvalue weighted by Gasteiger charge is 2.41. The van der Waals surface area contributed by atoms with E-state index in [2.05, 4.69) is 11.9 Å². The molecule has 0 aromatic heterocycles. The molecule has 1 saturated carbocycles. The van der Waals surface area contributed by atoms with Gasteiger partial charge in [0.2, 0.25) is 0 Å². The molecule has 66 valence electrons. The smallest absolute Gasteiger partial charge is 0.137 e. The average Bonchev–Trinajstić information content (AvgIpc) is 2.29. The Morgan fingerprint density at radius 1 is 1.33 bits per heavy atom. The second-order valence-corrected chi connectivity index (χ2v) is 4.03. The van der Waals surface area contributed by atoms with Crippen molar-refractivity contribution in [2.24, 2.45) is 5.41 Å². The Morgan fingerprint density at radius 3 is 2.50 bits per heavy atom. The average molecular weight is 165 g/mol. The lowest BCUT2D eigenvalue weighted by Gasteiger charge is -2.34. The summed E-state index contributed by atoms with van der Waals surface area (Å²) in [6.07, 6.45) is 3.61. The van der Waals surface area contributed by atoms with Crippen molar-refractivity contribution in [2.75, 3.05) is 13.1 Å². The van der Waals surface area contributed by atoms with Crippen molar-refractivity contribution in [1.82, 2.24) is 5.32 Å². The van der Waals surface area contributed by atoms with Crippen LogP contribution in [0.1, 0.15) is 25.7 Å². The van der Waals surface area contributed by atoms with E-state index >= 15 is 0 Å². The number of hydrogen-bond donors (Lipinski definition) is 1. The van der Waals surface area contributed by atoms with Crippen molar-refractivity contribution in [3.63, 3.8) is 0 Å². The Balaban J connectivity index is 2.18. The molecule has 0 unspecified atom stereocenters. The molecule has 0 aromatic carbocycles. The van der Waals surface area contributed by atoms with Crippen molar-refractivity contribution in [3.05, 3.63) is 12.2 Å². The van der Waals surface area contributed by atoms with Gasteiger partial charge in [-0.15, -0.1) is 0 Å². The normalized spacial score (nSPS) is 28.3. The quantitative estimate of drug-likeness (QED) is 0.548. The van der Waals surface area contributed by atoms with Crippen molar-refractivity contribution < 1.29 is 4.79 Å². The van der Waals surface area contributed by atoms with Gasteiger partial charge in [-0.05, 0) is 25.9 Å². The molecule has 0 amide bonds. The zero-order valence-corrected chi connectivity index (χ0v) is 7.36. The minimum atomic E-state index is 0.197. The van der Waals surface area contributed by atoms with Gasteiger partial charge < -0.3 is 5.32 Å². The van der Waals surface area contributed by atoms with Gasteiger partial charge in [0.25, 0.3) is 0 Å². The highest BCUT2D eigenvalue weighted by Crippen LogP contribution is 2.46. The Hall–Kier alpha value is -0.630. The molecule has 1 saturated heterocycles. The van der Waals surface area contributed by atoms with E-state index in [-0.39, 0.29) is 5.41 Å². The van der Waals surface area contributed by atoms with Crippen molar-refractivity contribution in [3.8, 4) is 0 Å². The largest absolute Gasteiger partial charge is 0.317 e. The first kappa shape index (κ1) is 7.99. The summed E-state index contributed by atoms with van der Waals surface area (Å²) in [4.78, 5) is 11.2. The number of hydrogen-bond acceptors (Lipinski definition) is 2. The standard InChI is InChI=1S/C10H15NO/c1-8-6-9(12)7-10(8)2-4-11-5-3-10/h11H,1-7H2. The molecule has 0 aromatic rings. The summed E-state index contributed by atoms with van der Waals surface area (Å²) in [5.74, 6) is 0.391. The zero-order valence-electron chi connectivity index (χ0n) is 7.36. The lowest BCUT2D eigenvalue weighted by Crippen LogP contribution is -2.35. The van der Waals surface area contributed by atoms with E-state index in [0.29, 0.717) is 12.2 Å². The van der Waals surface area contributed by atoms with Gasteiger partial charge >= 0.3 is 0 Å². The van der Waals surface area contributed by atoms with Crippen molar-refractivity contribution in [1.29, 1.82) is 0 Å². The molecule has 2 fully saturated rings. The molecule has 1 aliphatic heterocycles. The first-order chi connectivity index (χ1) is 5.73. The van der Waals surface area contributed by atoms with E-state index in [1.807, 2.05) is 0 Å². The first-order valence-corrected chi connectivity index (χ1v) is 4.64. The molecule has 2 aliphatic rings. The van der Waals surface area contributed by atoms with Crippen LogP contribution in [-0.2, 0) is 4.79 Å². The molecule has 1 N–H and O–H groups in total. The van der Waals surface area contributed by atoms with Crippen LogP contribution in [0.25, 0.3) is 0 Å². The highest BCUT2D eigenvalue weighted by atomic mass is 16.1. The van der Waals surface area contributed by atoms with E-state index in [1.165, 1.54) is 5.57 Å². The second kappa shape index (κ2) is 2.70. The third-order valence-electron chi connectivity index (χ3n) is 3.26. The lowest BCUT2D eigenvalue weighted by atomic mass is 9.75. The summed E-state index contributed by atoms with van der Waals surface area (Å²) in [6, 6.07) is 0. The number of rotatable bonds is 0. The van der Waals surface area contributed by atoms with Crippen LogP contribution >= 0.6 is 0 Å². The van der Waals surface area contributed by atoms with E-state index in [0.717, 1.165) is 32.4 Å². The zero-order chi connectivity index (χ0) is 8.60.